The van der Waals surface area contributed by atoms with Crippen molar-refractivity contribution in [3.63, 3.8) is 0 Å². The van der Waals surface area contributed by atoms with Gasteiger partial charge in [-0.1, -0.05) is 37.5 Å². The summed E-state index contributed by atoms with van der Waals surface area (Å²) >= 11 is 0. The Morgan fingerprint density at radius 1 is 0.812 bits per heavy atom. The molecule has 2 aliphatic rings. The minimum Gasteiger partial charge on any atom is -0.349 e. The lowest BCUT2D eigenvalue weighted by Gasteiger charge is -2.35. The number of hydrogen-bond donors (Lipinski definition) is 1. The van der Waals surface area contributed by atoms with Gasteiger partial charge in [-0.2, -0.15) is 0 Å². The summed E-state index contributed by atoms with van der Waals surface area (Å²) in [6.45, 7) is 1.30. The van der Waals surface area contributed by atoms with E-state index in [9.17, 15) is 18.8 Å². The maximum absolute atomic E-state index is 13.2. The number of benzene rings is 2. The summed E-state index contributed by atoms with van der Waals surface area (Å²) in [5.74, 6) is -0.596. The zero-order chi connectivity index (χ0) is 22.5. The van der Waals surface area contributed by atoms with Gasteiger partial charge in [0.15, 0.2) is 5.78 Å². The molecule has 1 heterocycles. The monoisotopic (exact) mass is 436 g/mol. The van der Waals surface area contributed by atoms with E-state index >= 15 is 0 Å². The molecule has 1 aliphatic carbocycles. The number of ketones is 1. The smallest absolute Gasteiger partial charge is 0.252 e. The minimum absolute atomic E-state index is 0.0353. The Kier molecular flexibility index (Phi) is 6.98. The van der Waals surface area contributed by atoms with Crippen LogP contribution < -0.4 is 5.32 Å². The summed E-state index contributed by atoms with van der Waals surface area (Å²) < 4.78 is 13.2. The molecule has 5 nitrogen and oxygen atoms in total. The standard InChI is InChI=1S/C26H29FN2O3/c27-20-12-10-18(11-13-20)24(30)22-8-4-5-9-23(22)25(31)28-21-14-16-29(17-15-21)26(32)19-6-2-1-3-7-19/h4-5,8-13,19,21H,1-3,6-7,14-17H2,(H,28,31). The van der Waals surface area contributed by atoms with Gasteiger partial charge in [0.1, 0.15) is 5.82 Å². The van der Waals surface area contributed by atoms with E-state index in [1.807, 2.05) is 4.90 Å². The lowest BCUT2D eigenvalue weighted by Crippen LogP contribution is -2.48. The fourth-order valence-electron chi connectivity index (χ4n) is 4.75. The minimum atomic E-state index is -0.416. The predicted octanol–water partition coefficient (Wildman–Crippen LogP) is 4.36. The molecule has 0 unspecified atom stereocenters. The number of halogens is 1. The Bertz CT molecular complexity index is 975. The third-order valence-corrected chi connectivity index (χ3v) is 6.62. The maximum Gasteiger partial charge on any atom is 0.252 e. The molecule has 2 amide bonds. The van der Waals surface area contributed by atoms with Gasteiger partial charge in [-0.25, -0.2) is 4.39 Å². The largest absolute Gasteiger partial charge is 0.349 e. The second-order valence-electron chi connectivity index (χ2n) is 8.79. The number of carbonyl (C=O) groups is 3. The molecule has 0 atom stereocenters. The zero-order valence-corrected chi connectivity index (χ0v) is 18.2. The van der Waals surface area contributed by atoms with Crippen molar-refractivity contribution in [1.29, 1.82) is 0 Å². The zero-order valence-electron chi connectivity index (χ0n) is 18.2. The average molecular weight is 437 g/mol. The van der Waals surface area contributed by atoms with Crippen LogP contribution in [0, 0.1) is 11.7 Å². The molecule has 2 aromatic rings. The molecular weight excluding hydrogens is 407 g/mol. The molecule has 0 radical (unpaired) electrons. The van der Waals surface area contributed by atoms with Crippen LogP contribution >= 0.6 is 0 Å². The first-order chi connectivity index (χ1) is 15.5. The SMILES string of the molecule is O=C(NC1CCN(C(=O)C2CCCCC2)CC1)c1ccccc1C(=O)c1ccc(F)cc1. The van der Waals surface area contributed by atoms with Crippen LogP contribution in [0.3, 0.4) is 0 Å². The molecule has 6 heteroatoms. The lowest BCUT2D eigenvalue weighted by molar-refractivity contribution is -0.137. The van der Waals surface area contributed by atoms with Crippen molar-refractivity contribution in [3.05, 3.63) is 71.0 Å². The van der Waals surface area contributed by atoms with E-state index < -0.39 is 5.82 Å². The Morgan fingerprint density at radius 2 is 1.44 bits per heavy atom. The van der Waals surface area contributed by atoms with E-state index in [-0.39, 0.29) is 29.6 Å². The molecule has 4 rings (SSSR count). The number of nitrogens with one attached hydrogen (secondary N) is 1. The summed E-state index contributed by atoms with van der Waals surface area (Å²) in [5, 5.41) is 3.04. The first-order valence-corrected chi connectivity index (χ1v) is 11.5. The van der Waals surface area contributed by atoms with Crippen molar-refractivity contribution in [3.8, 4) is 0 Å². The summed E-state index contributed by atoms with van der Waals surface area (Å²) in [7, 11) is 0. The number of nitrogens with zero attached hydrogens (tertiary/aromatic N) is 1. The number of likely N-dealkylation sites (tertiary alicyclic amines) is 1. The van der Waals surface area contributed by atoms with Gasteiger partial charge in [0, 0.05) is 36.2 Å². The number of rotatable bonds is 5. The molecule has 1 saturated carbocycles. The lowest BCUT2D eigenvalue weighted by atomic mass is 9.87. The fraction of sp³-hybridized carbons (Fsp3) is 0.423. The summed E-state index contributed by atoms with van der Waals surface area (Å²) in [6.07, 6.45) is 6.90. The topological polar surface area (TPSA) is 66.5 Å². The van der Waals surface area contributed by atoms with Gasteiger partial charge in [0.2, 0.25) is 5.91 Å². The van der Waals surface area contributed by atoms with Crippen LogP contribution in [0.25, 0.3) is 0 Å². The predicted molar refractivity (Wildman–Crippen MR) is 120 cm³/mol. The molecule has 168 valence electrons. The van der Waals surface area contributed by atoms with Gasteiger partial charge >= 0.3 is 0 Å². The van der Waals surface area contributed by atoms with E-state index in [1.165, 1.54) is 30.7 Å². The molecular formula is C26H29FN2O3. The third-order valence-electron chi connectivity index (χ3n) is 6.62. The van der Waals surface area contributed by atoms with Crippen molar-refractivity contribution >= 4 is 17.6 Å². The number of carbonyl (C=O) groups excluding carboxylic acids is 3. The first kappa shape index (κ1) is 22.2. The van der Waals surface area contributed by atoms with Crippen molar-refractivity contribution < 1.29 is 18.8 Å². The Hall–Kier alpha value is -3.02. The van der Waals surface area contributed by atoms with Crippen LogP contribution in [-0.4, -0.2) is 41.6 Å². The van der Waals surface area contributed by atoms with E-state index in [1.54, 1.807) is 24.3 Å². The number of hydrogen-bond acceptors (Lipinski definition) is 3. The van der Waals surface area contributed by atoms with Gasteiger partial charge in [-0.05, 0) is 56.0 Å². The molecule has 2 aromatic carbocycles. The van der Waals surface area contributed by atoms with Gasteiger partial charge in [0.05, 0.1) is 5.56 Å². The number of amides is 2. The third kappa shape index (κ3) is 5.06. The molecule has 0 bridgehead atoms. The van der Waals surface area contributed by atoms with E-state index in [0.29, 0.717) is 42.6 Å². The van der Waals surface area contributed by atoms with Crippen LogP contribution in [0.1, 0.15) is 71.2 Å². The Morgan fingerprint density at radius 3 is 2.09 bits per heavy atom. The van der Waals surface area contributed by atoms with Crippen molar-refractivity contribution in [2.24, 2.45) is 5.92 Å². The maximum atomic E-state index is 13.2. The van der Waals surface area contributed by atoms with Crippen molar-refractivity contribution in [2.45, 2.75) is 51.0 Å². The van der Waals surface area contributed by atoms with Gasteiger partial charge in [0.25, 0.3) is 5.91 Å². The van der Waals surface area contributed by atoms with Crippen LogP contribution in [0.4, 0.5) is 4.39 Å². The van der Waals surface area contributed by atoms with Crippen LogP contribution in [0.5, 0.6) is 0 Å². The average Bonchev–Trinajstić information content (AvgIpc) is 2.84. The summed E-state index contributed by atoms with van der Waals surface area (Å²) in [4.78, 5) is 40.6. The highest BCUT2D eigenvalue weighted by molar-refractivity contribution is 6.15. The quantitative estimate of drug-likeness (QED) is 0.709. The highest BCUT2D eigenvalue weighted by Gasteiger charge is 2.30. The Labute approximate surface area is 188 Å². The molecule has 2 fully saturated rings. The van der Waals surface area contributed by atoms with E-state index in [2.05, 4.69) is 5.32 Å². The second kappa shape index (κ2) is 10.1. The van der Waals surface area contributed by atoms with E-state index in [4.69, 9.17) is 0 Å². The highest BCUT2D eigenvalue weighted by atomic mass is 19.1. The fourth-order valence-corrected chi connectivity index (χ4v) is 4.75. The van der Waals surface area contributed by atoms with E-state index in [0.717, 1.165) is 25.7 Å². The normalized spacial score (nSPS) is 17.7. The first-order valence-electron chi connectivity index (χ1n) is 11.5. The van der Waals surface area contributed by atoms with Crippen molar-refractivity contribution in [1.82, 2.24) is 10.2 Å². The summed E-state index contributed by atoms with van der Waals surface area (Å²) in [6, 6.07) is 12.0. The van der Waals surface area contributed by atoms with Gasteiger partial charge in [-0.3, -0.25) is 14.4 Å². The van der Waals surface area contributed by atoms with Gasteiger partial charge < -0.3 is 10.2 Å². The molecule has 0 spiro atoms. The second-order valence-corrected chi connectivity index (χ2v) is 8.79. The molecule has 0 aromatic heterocycles. The number of piperidine rings is 1. The van der Waals surface area contributed by atoms with Crippen LogP contribution in [0.2, 0.25) is 0 Å². The molecule has 1 aliphatic heterocycles. The van der Waals surface area contributed by atoms with Crippen LogP contribution in [0.15, 0.2) is 48.5 Å². The summed E-state index contributed by atoms with van der Waals surface area (Å²) in [5.41, 5.74) is 0.935. The molecule has 1 N–H and O–H groups in total. The molecule has 32 heavy (non-hydrogen) atoms. The van der Waals surface area contributed by atoms with Gasteiger partial charge in [-0.15, -0.1) is 0 Å². The molecule has 1 saturated heterocycles. The van der Waals surface area contributed by atoms with Crippen molar-refractivity contribution in [2.75, 3.05) is 13.1 Å². The van der Waals surface area contributed by atoms with Crippen LogP contribution in [-0.2, 0) is 4.79 Å². The highest BCUT2D eigenvalue weighted by Crippen LogP contribution is 2.26. The Balaban J connectivity index is 1.37.